The van der Waals surface area contributed by atoms with Crippen LogP contribution in [0.4, 0.5) is 0 Å². The van der Waals surface area contributed by atoms with Gasteiger partial charge in [-0.05, 0) is 62.1 Å². The maximum absolute atomic E-state index is 12.7. The van der Waals surface area contributed by atoms with Crippen LogP contribution in [-0.2, 0) is 7.05 Å². The molecule has 24 heavy (non-hydrogen) atoms. The number of pyridine rings is 1. The first kappa shape index (κ1) is 16.6. The molecule has 3 heteroatoms. The first-order chi connectivity index (χ1) is 11.4. The van der Waals surface area contributed by atoms with Crippen LogP contribution in [0.1, 0.15) is 40.0 Å². The molecule has 0 spiro atoms. The molecular weight excluding hydrogens is 298 g/mol. The van der Waals surface area contributed by atoms with Crippen molar-refractivity contribution >= 4 is 12.2 Å². The van der Waals surface area contributed by atoms with Crippen molar-refractivity contribution in [3.63, 3.8) is 0 Å². The molecule has 126 valence electrons. The summed E-state index contributed by atoms with van der Waals surface area (Å²) in [5, 5.41) is 2.17. The van der Waals surface area contributed by atoms with Crippen LogP contribution in [0.3, 0.4) is 0 Å². The van der Waals surface area contributed by atoms with Crippen molar-refractivity contribution in [3.8, 4) is 16.9 Å². The van der Waals surface area contributed by atoms with Gasteiger partial charge in [-0.3, -0.25) is 4.79 Å². The van der Waals surface area contributed by atoms with Crippen LogP contribution >= 0.6 is 0 Å². The Hall–Kier alpha value is -2.29. The molecule has 3 rings (SSSR count). The highest BCUT2D eigenvalue weighted by Gasteiger charge is 2.17. The van der Waals surface area contributed by atoms with Gasteiger partial charge in [0.1, 0.15) is 11.4 Å². The van der Waals surface area contributed by atoms with Gasteiger partial charge in [0.2, 0.25) is 0 Å². The smallest absolute Gasteiger partial charge is 0.258 e. The fourth-order valence-corrected chi connectivity index (χ4v) is 2.95. The third kappa shape index (κ3) is 3.16. The molecule has 0 bridgehead atoms. The second-order valence-electron chi connectivity index (χ2n) is 6.99. The van der Waals surface area contributed by atoms with Crippen molar-refractivity contribution < 1.29 is 4.74 Å². The van der Waals surface area contributed by atoms with Gasteiger partial charge < -0.3 is 9.30 Å². The zero-order valence-corrected chi connectivity index (χ0v) is 14.9. The van der Waals surface area contributed by atoms with Crippen molar-refractivity contribution in [2.45, 2.75) is 45.6 Å². The van der Waals surface area contributed by atoms with Crippen LogP contribution < -0.4 is 20.9 Å². The van der Waals surface area contributed by atoms with E-state index in [1.165, 1.54) is 0 Å². The first-order valence-corrected chi connectivity index (χ1v) is 8.61. The molecule has 0 saturated heterocycles. The number of ether oxygens (including phenoxy) is 1. The summed E-state index contributed by atoms with van der Waals surface area (Å²) in [5.74, 6) is 0.834. The van der Waals surface area contributed by atoms with E-state index in [2.05, 4.69) is 32.9 Å². The molecule has 0 radical (unpaired) electrons. The minimum atomic E-state index is -0.186. The number of fused-ring (bicyclic) bond motifs is 1. The molecule has 0 N–H and O–H groups in total. The van der Waals surface area contributed by atoms with E-state index in [0.717, 1.165) is 46.7 Å². The zero-order chi connectivity index (χ0) is 17.3. The van der Waals surface area contributed by atoms with Crippen molar-refractivity contribution in [2.75, 3.05) is 0 Å². The van der Waals surface area contributed by atoms with E-state index in [1.807, 2.05) is 37.4 Å². The van der Waals surface area contributed by atoms with E-state index in [0.29, 0.717) is 0 Å². The average Bonchev–Trinajstić information content (AvgIpc) is 2.59. The van der Waals surface area contributed by atoms with E-state index in [9.17, 15) is 4.79 Å². The van der Waals surface area contributed by atoms with E-state index >= 15 is 0 Å². The summed E-state index contributed by atoms with van der Waals surface area (Å²) >= 11 is 0. The van der Waals surface area contributed by atoms with E-state index in [-0.39, 0.29) is 11.2 Å². The summed E-state index contributed by atoms with van der Waals surface area (Å²) in [6.45, 7) is 6.26. The zero-order valence-electron chi connectivity index (χ0n) is 14.9. The molecule has 1 aromatic carbocycles. The summed E-state index contributed by atoms with van der Waals surface area (Å²) in [6.07, 6.45) is 7.32. The first-order valence-electron chi connectivity index (χ1n) is 8.61. The molecule has 0 aliphatic heterocycles. The Morgan fingerprint density at radius 1 is 1.12 bits per heavy atom. The molecule has 0 atom stereocenters. The topological polar surface area (TPSA) is 31.2 Å². The SMILES string of the molecule is CCC(C)(C)Oc1ccc(-c2cc3c(n(C)c2=O)=CCCC=3)cc1. The highest BCUT2D eigenvalue weighted by Crippen LogP contribution is 2.23. The maximum atomic E-state index is 12.7. The number of aromatic nitrogens is 1. The van der Waals surface area contributed by atoms with E-state index in [4.69, 9.17) is 4.74 Å². The Morgan fingerprint density at radius 2 is 1.79 bits per heavy atom. The van der Waals surface area contributed by atoms with Gasteiger partial charge in [-0.2, -0.15) is 0 Å². The van der Waals surface area contributed by atoms with Crippen LogP contribution in [0.15, 0.2) is 35.1 Å². The lowest BCUT2D eigenvalue weighted by Gasteiger charge is -2.24. The Bertz CT molecular complexity index is 918. The van der Waals surface area contributed by atoms with Gasteiger partial charge in [0.05, 0.1) is 0 Å². The van der Waals surface area contributed by atoms with Crippen LogP contribution in [0.2, 0.25) is 0 Å². The van der Waals surface area contributed by atoms with Crippen molar-refractivity contribution in [1.29, 1.82) is 0 Å². The molecule has 1 aliphatic rings. The van der Waals surface area contributed by atoms with Gasteiger partial charge in [-0.15, -0.1) is 0 Å². The Morgan fingerprint density at radius 3 is 2.46 bits per heavy atom. The van der Waals surface area contributed by atoms with Gasteiger partial charge in [-0.25, -0.2) is 0 Å². The van der Waals surface area contributed by atoms with Crippen molar-refractivity contribution in [3.05, 3.63) is 51.3 Å². The van der Waals surface area contributed by atoms with Crippen LogP contribution in [0, 0.1) is 0 Å². The minimum Gasteiger partial charge on any atom is -0.488 e. The molecule has 2 aromatic rings. The lowest BCUT2D eigenvalue weighted by molar-refractivity contribution is 0.105. The fourth-order valence-electron chi connectivity index (χ4n) is 2.95. The average molecular weight is 323 g/mol. The van der Waals surface area contributed by atoms with Crippen LogP contribution in [0.5, 0.6) is 5.75 Å². The van der Waals surface area contributed by atoms with E-state index in [1.54, 1.807) is 4.57 Å². The molecule has 1 aliphatic carbocycles. The largest absolute Gasteiger partial charge is 0.488 e. The molecule has 0 unspecified atom stereocenters. The third-order valence-corrected chi connectivity index (χ3v) is 4.77. The van der Waals surface area contributed by atoms with Crippen LogP contribution in [0.25, 0.3) is 23.3 Å². The molecule has 3 nitrogen and oxygen atoms in total. The third-order valence-electron chi connectivity index (χ3n) is 4.77. The minimum absolute atomic E-state index is 0.0443. The van der Waals surface area contributed by atoms with Gasteiger partial charge in [0.15, 0.2) is 0 Å². The monoisotopic (exact) mass is 323 g/mol. The van der Waals surface area contributed by atoms with E-state index < -0.39 is 0 Å². The van der Waals surface area contributed by atoms with Crippen LogP contribution in [-0.4, -0.2) is 10.2 Å². The molecule has 0 fully saturated rings. The van der Waals surface area contributed by atoms with Gasteiger partial charge >= 0.3 is 0 Å². The second-order valence-corrected chi connectivity index (χ2v) is 6.99. The Labute approximate surface area is 142 Å². The molecule has 1 heterocycles. The summed E-state index contributed by atoms with van der Waals surface area (Å²) in [5.41, 5.74) is 1.53. The molecule has 1 aromatic heterocycles. The van der Waals surface area contributed by atoms with Crippen molar-refractivity contribution in [1.82, 2.24) is 4.57 Å². The number of nitrogens with zero attached hydrogens (tertiary/aromatic N) is 1. The fraction of sp³-hybridized carbons (Fsp3) is 0.381. The van der Waals surface area contributed by atoms with Gasteiger partial charge in [0, 0.05) is 18.0 Å². The maximum Gasteiger partial charge on any atom is 0.258 e. The second kappa shape index (κ2) is 6.31. The molecule has 0 amide bonds. The quantitative estimate of drug-likeness (QED) is 0.866. The molecule has 0 saturated carbocycles. The number of hydrogen-bond acceptors (Lipinski definition) is 2. The van der Waals surface area contributed by atoms with Crippen molar-refractivity contribution in [2.24, 2.45) is 7.05 Å². The standard InChI is InChI=1S/C21H25NO2/c1-5-21(2,3)24-17-12-10-15(11-13-17)18-14-16-8-6-7-9-19(16)22(4)20(18)23/h8-14H,5-7H2,1-4H3. The predicted molar refractivity (Wildman–Crippen MR) is 99.5 cm³/mol. The highest BCUT2D eigenvalue weighted by molar-refractivity contribution is 5.64. The summed E-state index contributed by atoms with van der Waals surface area (Å²) in [7, 11) is 1.85. The Kier molecular flexibility index (Phi) is 4.35. The highest BCUT2D eigenvalue weighted by atomic mass is 16.5. The summed E-state index contributed by atoms with van der Waals surface area (Å²) in [4.78, 5) is 12.7. The summed E-state index contributed by atoms with van der Waals surface area (Å²) < 4.78 is 7.75. The lowest BCUT2D eigenvalue weighted by Crippen LogP contribution is -2.43. The van der Waals surface area contributed by atoms with Gasteiger partial charge in [0.25, 0.3) is 5.56 Å². The van der Waals surface area contributed by atoms with Gasteiger partial charge in [-0.1, -0.05) is 31.2 Å². The summed E-state index contributed by atoms with van der Waals surface area (Å²) in [6, 6.07) is 9.84. The number of benzene rings is 1. The number of hydrogen-bond donors (Lipinski definition) is 0. The number of rotatable bonds is 4. The normalized spacial score (nSPS) is 13.7. The Balaban J connectivity index is 2.02. The molecular formula is C21H25NO2. The predicted octanol–water partition coefficient (Wildman–Crippen LogP) is 2.97. The lowest BCUT2D eigenvalue weighted by atomic mass is 10.0.